The lowest BCUT2D eigenvalue weighted by Gasteiger charge is -2.17. The third-order valence-electron chi connectivity index (χ3n) is 1.27. The Balaban J connectivity index is 5.80. The highest BCUT2D eigenvalue weighted by Crippen LogP contribution is 1.89. The van der Waals surface area contributed by atoms with Crippen molar-refractivity contribution in [3.63, 3.8) is 0 Å². The summed E-state index contributed by atoms with van der Waals surface area (Å²) in [6.45, 7) is -10.9. The molecule has 0 heterocycles. The summed E-state index contributed by atoms with van der Waals surface area (Å²) in [5.41, 5.74) is 0. The first-order chi connectivity index (χ1) is 13.2. The molecule has 4 nitrogen and oxygen atoms in total. The number of hydrogen-bond donors (Lipinski definition) is 4. The Morgan fingerprint density at radius 1 is 1.29 bits per heavy atom. The summed E-state index contributed by atoms with van der Waals surface area (Å²) >= 11 is 0. The molecule has 14 heavy (non-hydrogen) atoms. The molecule has 0 amide bonds. The first kappa shape index (κ1) is 2.74. The van der Waals surface area contributed by atoms with E-state index < -0.39 is 64.8 Å². The molecule has 0 aromatic rings. The van der Waals surface area contributed by atoms with Gasteiger partial charge < -0.3 is 20.8 Å². The van der Waals surface area contributed by atoms with Crippen LogP contribution < -0.4 is 10.6 Å². The third-order valence-corrected chi connectivity index (χ3v) is 1.27. The van der Waals surface area contributed by atoms with Crippen molar-refractivity contribution in [1.82, 2.24) is 10.6 Å². The summed E-state index contributed by atoms with van der Waals surface area (Å²) in [6.07, 6.45) is -6.77. The van der Waals surface area contributed by atoms with E-state index in [0.29, 0.717) is 0 Å². The van der Waals surface area contributed by atoms with Gasteiger partial charge in [0, 0.05) is 41.6 Å². The molecule has 0 spiro atoms. The average Bonchev–Trinajstić information content (AvgIpc) is 2.57. The van der Waals surface area contributed by atoms with Crippen molar-refractivity contribution >= 4 is 0 Å². The van der Waals surface area contributed by atoms with Crippen LogP contribution in [0.15, 0.2) is 0 Å². The van der Waals surface area contributed by atoms with E-state index in [0.717, 1.165) is 0 Å². The fourth-order valence-electron chi connectivity index (χ4n) is 0.612. The van der Waals surface area contributed by atoms with Gasteiger partial charge in [0.25, 0.3) is 0 Å². The number of rotatable bonds is 11. The Bertz CT molecular complexity index is 507. The molecular weight excluding hydrogens is 180 g/mol. The molecule has 0 fully saturated rings. The van der Waals surface area contributed by atoms with E-state index in [1.165, 1.54) is 0 Å². The Kier molecular flexibility index (Phi) is 1.84. The third kappa shape index (κ3) is 6.32. The summed E-state index contributed by atoms with van der Waals surface area (Å²) in [5, 5.41) is 8.03. The van der Waals surface area contributed by atoms with E-state index in [1.807, 2.05) is 0 Å². The zero-order valence-corrected chi connectivity index (χ0v) is 7.54. The molecule has 86 valence electrons. The summed E-state index contributed by atoms with van der Waals surface area (Å²) < 4.78 is 120. The van der Waals surface area contributed by atoms with Gasteiger partial charge in [0.2, 0.25) is 2.86 Å². The second-order valence-electron chi connectivity index (χ2n) is 2.20. The van der Waals surface area contributed by atoms with E-state index in [4.69, 9.17) is 22.1 Å². The molecule has 0 aliphatic carbocycles. The maximum Gasteiger partial charge on any atom is 0.210 e. The summed E-state index contributed by atoms with van der Waals surface area (Å²) in [5.74, 6) is 0. The minimum absolute atomic E-state index is 0.0579. The van der Waals surface area contributed by atoms with E-state index >= 15 is 0 Å². The lowest BCUT2D eigenvalue weighted by atomic mass is 10.2. The Hall–Kier alpha value is -0.160. The topological polar surface area (TPSA) is 64.5 Å². The fraction of sp³-hybridized carbons (Fsp3) is 1.00. The standard InChI is InChI=1S/C10H24N2O2/c1-3-9(7-13)11-5-6-12-10(4-2)8-14/h9-14H,3-8H2,1-2H3/t9-,10-/m1/s1/i1D3,2D3,3D2,4D2,9D,10D,13D,14D/hD2. The summed E-state index contributed by atoms with van der Waals surface area (Å²) in [6, 6.07) is -5.94. The van der Waals surface area contributed by atoms with Crippen molar-refractivity contribution in [2.45, 2.75) is 38.5 Å². The summed E-state index contributed by atoms with van der Waals surface area (Å²) in [7, 11) is 0. The molecule has 0 aliphatic rings. The van der Waals surface area contributed by atoms with Crippen LogP contribution in [0.4, 0.5) is 0 Å². The van der Waals surface area contributed by atoms with Gasteiger partial charge in [-0.1, -0.05) is 13.7 Å². The smallest absolute Gasteiger partial charge is 0.210 e. The van der Waals surface area contributed by atoms with Gasteiger partial charge in [-0.25, -0.2) is 0 Å². The van der Waals surface area contributed by atoms with E-state index in [9.17, 15) is 0 Å². The molecule has 4 heteroatoms. The molecule has 0 bridgehead atoms. The molecule has 0 saturated heterocycles. The average molecular weight is 220 g/mol. The van der Waals surface area contributed by atoms with Gasteiger partial charge in [-0.05, 0) is 12.7 Å². The number of nitrogens with one attached hydrogen (secondary N) is 2. The highest BCUT2D eigenvalue weighted by molar-refractivity contribution is 4.67. The van der Waals surface area contributed by atoms with Gasteiger partial charge in [0.15, 0.2) is 0 Å². The monoisotopic (exact) mass is 220 g/mol. The Morgan fingerprint density at radius 3 is 2.14 bits per heavy atom. The van der Waals surface area contributed by atoms with Crippen molar-refractivity contribution in [3.05, 3.63) is 0 Å². The first-order valence-electron chi connectivity index (χ1n) is 11.6. The lowest BCUT2D eigenvalue weighted by Crippen LogP contribution is -2.40. The molecule has 0 aromatic heterocycles. The minimum Gasteiger partial charge on any atom is -0.395 e. The molecule has 0 rings (SSSR count). The number of aliphatic hydroxyl groups is 2. The predicted octanol–water partition coefficient (Wildman–Crippen LogP) is -0.293. The van der Waals surface area contributed by atoms with Crippen molar-refractivity contribution in [1.29, 1.82) is 2.86 Å². The van der Waals surface area contributed by atoms with Crippen LogP contribution >= 0.6 is 0 Å². The molecule has 0 aromatic carbocycles. The van der Waals surface area contributed by atoms with Gasteiger partial charge >= 0.3 is 0 Å². The van der Waals surface area contributed by atoms with Gasteiger partial charge in [0.1, 0.15) is 2.82 Å². The highest BCUT2D eigenvalue weighted by atomic mass is 16.3. The van der Waals surface area contributed by atoms with Gasteiger partial charge in [-0.3, -0.25) is 0 Å². The normalized spacial score (nSPS) is 41.0. The SMILES string of the molecule is [2H]OC[C@]([2H])(N([2H])CCN([2H])[C@@]([2H])(CO[2H])C([2H])([2H])C([2H])([2H])[2H])C([2H])([2H])C([2H])([2H])[2H]. The van der Waals surface area contributed by atoms with Crippen LogP contribution in [0.25, 0.3) is 0 Å². The van der Waals surface area contributed by atoms with Crippen LogP contribution in [0, 0.1) is 0 Å². The number of hydrogen-bond acceptors (Lipinski definition) is 4. The second kappa shape index (κ2) is 9.40. The minimum atomic E-state index is -3.40. The Morgan fingerprint density at radius 2 is 1.79 bits per heavy atom. The quantitative estimate of drug-likeness (QED) is 0.386. The highest BCUT2D eigenvalue weighted by Gasteiger charge is 2.04. The second-order valence-corrected chi connectivity index (χ2v) is 2.20. The molecule has 0 saturated carbocycles. The predicted molar refractivity (Wildman–Crippen MR) is 58.3 cm³/mol. The van der Waals surface area contributed by atoms with Crippen LogP contribution in [0.3, 0.4) is 0 Å². The molecule has 2 atom stereocenters. The molecule has 4 N–H and O–H groups in total. The largest absolute Gasteiger partial charge is 0.395 e. The first-order valence-corrected chi connectivity index (χ1v) is 3.86. The molecule has 0 aliphatic heterocycles. The Labute approximate surface area is 109 Å². The van der Waals surface area contributed by atoms with Crippen LogP contribution in [-0.4, -0.2) is 51.4 Å². The van der Waals surface area contributed by atoms with Gasteiger partial charge in [-0.15, -0.1) is 0 Å². The van der Waals surface area contributed by atoms with E-state index in [-0.39, 0.29) is 10.6 Å². The van der Waals surface area contributed by atoms with Gasteiger partial charge in [-0.2, -0.15) is 0 Å². The van der Waals surface area contributed by atoms with Gasteiger partial charge in [0.05, 0.1) is 13.2 Å². The zero-order valence-electron chi connectivity index (χ0n) is 23.5. The molecular formula is C10H24N2O2. The van der Waals surface area contributed by atoms with Crippen molar-refractivity contribution in [3.8, 4) is 0 Å². The van der Waals surface area contributed by atoms with Crippen molar-refractivity contribution in [2.24, 2.45) is 0 Å². The van der Waals surface area contributed by atoms with Crippen molar-refractivity contribution in [2.75, 3.05) is 26.3 Å². The molecule has 0 radical (unpaired) electrons. The van der Waals surface area contributed by atoms with Crippen molar-refractivity contribution < 1.29 is 29.5 Å². The fourth-order valence-corrected chi connectivity index (χ4v) is 0.612. The lowest BCUT2D eigenvalue weighted by molar-refractivity contribution is 0.229. The summed E-state index contributed by atoms with van der Waals surface area (Å²) in [4.78, 5) is 0. The van der Waals surface area contributed by atoms with E-state index in [2.05, 4.69) is 10.2 Å². The van der Waals surface area contributed by atoms with Crippen LogP contribution in [0.5, 0.6) is 0 Å². The molecule has 0 unspecified atom stereocenters. The zero-order chi connectivity index (χ0) is 24.4. The van der Waals surface area contributed by atoms with Crippen LogP contribution in [0.1, 0.15) is 42.9 Å². The van der Waals surface area contributed by atoms with Crippen LogP contribution in [-0.2, 0) is 0 Å². The number of aliphatic hydroxyl groups excluding tert-OH is 2. The van der Waals surface area contributed by atoms with Crippen LogP contribution in [0.2, 0.25) is 2.82 Å². The maximum atomic E-state index is 8.10. The van der Waals surface area contributed by atoms with E-state index in [1.54, 1.807) is 0 Å². The maximum absolute atomic E-state index is 8.10.